The van der Waals surface area contributed by atoms with Crippen molar-refractivity contribution in [2.75, 3.05) is 25.6 Å². The molecule has 0 spiro atoms. The maximum Gasteiger partial charge on any atom is 0.183 e. The fraction of sp³-hybridized carbons (Fsp3) is 0.235. The van der Waals surface area contributed by atoms with Crippen LogP contribution >= 0.6 is 11.3 Å². The molecule has 114 valence electrons. The van der Waals surface area contributed by atoms with Crippen molar-refractivity contribution >= 4 is 26.7 Å². The van der Waals surface area contributed by atoms with Crippen LogP contribution in [0.3, 0.4) is 0 Å². The summed E-state index contributed by atoms with van der Waals surface area (Å²) in [7, 11) is 1.69. The van der Waals surface area contributed by atoms with Crippen LogP contribution in [0, 0.1) is 0 Å². The van der Waals surface area contributed by atoms with Gasteiger partial charge in [0.05, 0.1) is 16.8 Å². The van der Waals surface area contributed by atoms with Gasteiger partial charge in [0.25, 0.3) is 0 Å². The highest BCUT2D eigenvalue weighted by atomic mass is 32.1. The molecule has 2 aromatic carbocycles. The predicted molar refractivity (Wildman–Crippen MR) is 90.8 cm³/mol. The number of benzene rings is 2. The molecule has 0 unspecified atom stereocenters. The highest BCUT2D eigenvalue weighted by molar-refractivity contribution is 7.22. The van der Waals surface area contributed by atoms with Crippen LogP contribution in [0.4, 0.5) is 5.13 Å². The Morgan fingerprint density at radius 2 is 2.00 bits per heavy atom. The van der Waals surface area contributed by atoms with Gasteiger partial charge in [0.2, 0.25) is 0 Å². The van der Waals surface area contributed by atoms with Crippen LogP contribution in [0.1, 0.15) is 5.56 Å². The summed E-state index contributed by atoms with van der Waals surface area (Å²) in [4.78, 5) is 4.54. The van der Waals surface area contributed by atoms with Crippen molar-refractivity contribution in [3.05, 3.63) is 54.1 Å². The van der Waals surface area contributed by atoms with E-state index in [1.54, 1.807) is 18.4 Å². The van der Waals surface area contributed by atoms with Crippen LogP contribution in [0.25, 0.3) is 10.2 Å². The van der Waals surface area contributed by atoms with E-state index in [4.69, 9.17) is 9.47 Å². The number of nitrogens with zero attached hydrogens (tertiary/aromatic N) is 1. The Morgan fingerprint density at radius 1 is 1.14 bits per heavy atom. The molecular weight excluding hydrogens is 296 g/mol. The Hall–Kier alpha value is -2.11. The van der Waals surface area contributed by atoms with E-state index in [1.807, 2.05) is 36.4 Å². The van der Waals surface area contributed by atoms with Gasteiger partial charge in [-0.1, -0.05) is 41.7 Å². The molecule has 0 bridgehead atoms. The highest BCUT2D eigenvalue weighted by Crippen LogP contribution is 2.29. The van der Waals surface area contributed by atoms with E-state index >= 15 is 0 Å². The summed E-state index contributed by atoms with van der Waals surface area (Å²) in [6, 6.07) is 16.2. The van der Waals surface area contributed by atoms with Crippen molar-refractivity contribution in [1.82, 2.24) is 4.98 Å². The minimum Gasteiger partial charge on any atom is -0.489 e. The average molecular weight is 314 g/mol. The Morgan fingerprint density at radius 3 is 2.82 bits per heavy atom. The lowest BCUT2D eigenvalue weighted by Gasteiger charge is -2.05. The highest BCUT2D eigenvalue weighted by Gasteiger charge is 2.05. The van der Waals surface area contributed by atoms with Crippen LogP contribution in [0.2, 0.25) is 0 Å². The number of rotatable bonds is 7. The van der Waals surface area contributed by atoms with E-state index < -0.39 is 0 Å². The first kappa shape index (κ1) is 14.8. The van der Waals surface area contributed by atoms with E-state index in [0.29, 0.717) is 13.2 Å². The summed E-state index contributed by atoms with van der Waals surface area (Å²) in [6.07, 6.45) is 0. The quantitative estimate of drug-likeness (QED) is 0.671. The molecule has 0 aliphatic heterocycles. The lowest BCUT2D eigenvalue weighted by atomic mass is 10.2. The van der Waals surface area contributed by atoms with Crippen LogP contribution < -0.4 is 10.1 Å². The molecule has 1 aromatic heterocycles. The zero-order chi connectivity index (χ0) is 15.2. The fourth-order valence-corrected chi connectivity index (χ4v) is 2.99. The molecule has 0 saturated heterocycles. The van der Waals surface area contributed by atoms with Gasteiger partial charge in [-0.2, -0.15) is 0 Å². The Kier molecular flexibility index (Phi) is 4.88. The molecule has 1 heterocycles. The number of fused-ring (bicyclic) bond motifs is 1. The zero-order valence-corrected chi connectivity index (χ0v) is 13.2. The number of thiazole rings is 1. The van der Waals surface area contributed by atoms with Gasteiger partial charge in [-0.15, -0.1) is 0 Å². The fourth-order valence-electron chi connectivity index (χ4n) is 2.07. The van der Waals surface area contributed by atoms with Gasteiger partial charge in [-0.05, 0) is 23.8 Å². The lowest BCUT2D eigenvalue weighted by Crippen LogP contribution is -2.06. The molecule has 0 aliphatic rings. The number of anilines is 1. The smallest absolute Gasteiger partial charge is 0.183 e. The summed E-state index contributed by atoms with van der Waals surface area (Å²) in [5.41, 5.74) is 2.14. The van der Waals surface area contributed by atoms with E-state index in [2.05, 4.69) is 22.4 Å². The molecule has 5 heteroatoms. The van der Waals surface area contributed by atoms with E-state index in [1.165, 1.54) is 0 Å². The van der Waals surface area contributed by atoms with Gasteiger partial charge in [0.15, 0.2) is 5.13 Å². The normalized spacial score (nSPS) is 10.8. The largest absolute Gasteiger partial charge is 0.489 e. The molecule has 22 heavy (non-hydrogen) atoms. The number of aromatic nitrogens is 1. The second-order valence-electron chi connectivity index (χ2n) is 4.84. The molecule has 1 N–H and O–H groups in total. The molecule has 3 rings (SSSR count). The van der Waals surface area contributed by atoms with Gasteiger partial charge in [-0.3, -0.25) is 0 Å². The van der Waals surface area contributed by atoms with Crippen molar-refractivity contribution in [2.24, 2.45) is 0 Å². The van der Waals surface area contributed by atoms with Crippen molar-refractivity contribution < 1.29 is 9.47 Å². The molecule has 4 nitrogen and oxygen atoms in total. The Bertz CT molecular complexity index is 728. The standard InChI is InChI=1S/C17H18N2O2S/c1-20-10-9-18-17-19-15-8-7-14(11-16(15)22-17)21-12-13-5-3-2-4-6-13/h2-8,11H,9-10,12H2,1H3,(H,18,19). The van der Waals surface area contributed by atoms with Crippen LogP contribution in [-0.2, 0) is 11.3 Å². The maximum atomic E-state index is 5.85. The predicted octanol–water partition coefficient (Wildman–Crippen LogP) is 3.93. The summed E-state index contributed by atoms with van der Waals surface area (Å²) < 4.78 is 12.0. The number of nitrogens with one attached hydrogen (secondary N) is 1. The first-order valence-electron chi connectivity index (χ1n) is 7.15. The summed E-state index contributed by atoms with van der Waals surface area (Å²) in [5, 5.41) is 4.16. The summed E-state index contributed by atoms with van der Waals surface area (Å²) in [5.74, 6) is 0.864. The molecule has 0 saturated carbocycles. The maximum absolute atomic E-state index is 5.85. The van der Waals surface area contributed by atoms with Crippen LogP contribution in [0.5, 0.6) is 5.75 Å². The molecule has 3 aromatic rings. The minimum atomic E-state index is 0.574. The lowest BCUT2D eigenvalue weighted by molar-refractivity contribution is 0.211. The monoisotopic (exact) mass is 314 g/mol. The van der Waals surface area contributed by atoms with Crippen molar-refractivity contribution in [3.8, 4) is 5.75 Å². The van der Waals surface area contributed by atoms with Gasteiger partial charge >= 0.3 is 0 Å². The second-order valence-corrected chi connectivity index (χ2v) is 5.87. The van der Waals surface area contributed by atoms with E-state index in [0.717, 1.165) is 33.2 Å². The molecule has 0 amide bonds. The number of ether oxygens (including phenoxy) is 2. The van der Waals surface area contributed by atoms with Crippen molar-refractivity contribution in [1.29, 1.82) is 0 Å². The number of hydrogen-bond donors (Lipinski definition) is 1. The van der Waals surface area contributed by atoms with Gasteiger partial charge in [0.1, 0.15) is 12.4 Å². The van der Waals surface area contributed by atoms with Crippen LogP contribution in [0.15, 0.2) is 48.5 Å². The SMILES string of the molecule is COCCNc1nc2ccc(OCc3ccccc3)cc2s1. The molecule has 0 radical (unpaired) electrons. The third-order valence-electron chi connectivity index (χ3n) is 3.19. The number of hydrogen-bond acceptors (Lipinski definition) is 5. The number of methoxy groups -OCH3 is 1. The first-order valence-corrected chi connectivity index (χ1v) is 7.97. The van der Waals surface area contributed by atoms with E-state index in [9.17, 15) is 0 Å². The first-order chi connectivity index (χ1) is 10.8. The zero-order valence-electron chi connectivity index (χ0n) is 12.4. The molecule has 0 aliphatic carbocycles. The van der Waals surface area contributed by atoms with E-state index in [-0.39, 0.29) is 0 Å². The average Bonchev–Trinajstić information content (AvgIpc) is 2.96. The van der Waals surface area contributed by atoms with Crippen LogP contribution in [-0.4, -0.2) is 25.2 Å². The van der Waals surface area contributed by atoms with Gasteiger partial charge in [-0.25, -0.2) is 4.98 Å². The third kappa shape index (κ3) is 3.75. The third-order valence-corrected chi connectivity index (χ3v) is 4.17. The second kappa shape index (κ2) is 7.24. The van der Waals surface area contributed by atoms with Crippen molar-refractivity contribution in [3.63, 3.8) is 0 Å². The topological polar surface area (TPSA) is 43.4 Å². The Labute approximate surface area is 133 Å². The summed E-state index contributed by atoms with van der Waals surface area (Å²) >= 11 is 1.63. The molecule has 0 fully saturated rings. The summed E-state index contributed by atoms with van der Waals surface area (Å²) in [6.45, 7) is 2.00. The Balaban J connectivity index is 1.67. The molecule has 0 atom stereocenters. The minimum absolute atomic E-state index is 0.574. The molecular formula is C17H18N2O2S. The van der Waals surface area contributed by atoms with Gasteiger partial charge in [0, 0.05) is 13.7 Å². The van der Waals surface area contributed by atoms with Gasteiger partial charge < -0.3 is 14.8 Å². The van der Waals surface area contributed by atoms with Crippen molar-refractivity contribution in [2.45, 2.75) is 6.61 Å².